The molecule has 0 bridgehead atoms. The van der Waals surface area contributed by atoms with Gasteiger partial charge in [0, 0.05) is 37.7 Å². The highest BCUT2D eigenvalue weighted by atomic mass is 79.9. The Morgan fingerprint density at radius 1 is 1.22 bits per heavy atom. The van der Waals surface area contributed by atoms with Crippen LogP contribution < -0.4 is 5.73 Å². The number of phenolic OH excluding ortho intramolecular Hbond substituents is 1. The number of aromatic hydroxyl groups is 1. The average molecular weight is 371 g/mol. The summed E-state index contributed by atoms with van der Waals surface area (Å²) < 4.78 is 0.772. The van der Waals surface area contributed by atoms with Gasteiger partial charge in [0.15, 0.2) is 5.78 Å². The highest BCUT2D eigenvalue weighted by Crippen LogP contribution is 2.45. The van der Waals surface area contributed by atoms with Crippen LogP contribution in [0.2, 0.25) is 0 Å². The molecule has 1 heterocycles. The van der Waals surface area contributed by atoms with Crippen molar-refractivity contribution in [1.82, 2.24) is 4.98 Å². The molecule has 3 aromatic rings. The van der Waals surface area contributed by atoms with Gasteiger partial charge in [-0.15, -0.1) is 0 Å². The molecule has 0 spiro atoms. The van der Waals surface area contributed by atoms with Gasteiger partial charge in [-0.1, -0.05) is 13.8 Å². The summed E-state index contributed by atoms with van der Waals surface area (Å²) in [6.45, 7) is 4.09. The molecular formula is C18H15BrN2O2. The summed E-state index contributed by atoms with van der Waals surface area (Å²) >= 11 is 3.44. The molecule has 4 nitrogen and oxygen atoms in total. The molecule has 0 saturated heterocycles. The number of nitrogen functional groups attached to an aromatic ring is 1. The number of ketones is 1. The maximum atomic E-state index is 13.0. The Labute approximate surface area is 141 Å². The molecule has 0 unspecified atom stereocenters. The maximum Gasteiger partial charge on any atom is 0.195 e. The van der Waals surface area contributed by atoms with Crippen molar-refractivity contribution in [2.45, 2.75) is 19.3 Å². The van der Waals surface area contributed by atoms with E-state index in [-0.39, 0.29) is 11.5 Å². The lowest BCUT2D eigenvalue weighted by Gasteiger charge is -2.32. The Morgan fingerprint density at radius 3 is 2.70 bits per heavy atom. The molecule has 4 N–H and O–H groups in total. The lowest BCUT2D eigenvalue weighted by molar-refractivity contribution is 0.103. The first kappa shape index (κ1) is 14.3. The van der Waals surface area contributed by atoms with Crippen molar-refractivity contribution in [2.75, 3.05) is 5.73 Å². The molecule has 0 atom stereocenters. The topological polar surface area (TPSA) is 79.1 Å². The molecule has 0 aliphatic heterocycles. The summed E-state index contributed by atoms with van der Waals surface area (Å²) in [7, 11) is 0. The third kappa shape index (κ3) is 1.80. The van der Waals surface area contributed by atoms with Gasteiger partial charge in [0.1, 0.15) is 5.75 Å². The Bertz CT molecular complexity index is 1000. The van der Waals surface area contributed by atoms with Crippen LogP contribution in [-0.4, -0.2) is 15.9 Å². The number of phenols is 1. The molecule has 1 aliphatic rings. The number of carbonyl (C=O) groups is 1. The van der Waals surface area contributed by atoms with E-state index in [1.54, 1.807) is 18.2 Å². The summed E-state index contributed by atoms with van der Waals surface area (Å²) in [5.74, 6) is 0.133. The van der Waals surface area contributed by atoms with Crippen molar-refractivity contribution in [3.8, 4) is 5.75 Å². The van der Waals surface area contributed by atoms with Gasteiger partial charge in [-0.3, -0.25) is 4.79 Å². The number of hydrogen-bond donors (Lipinski definition) is 3. The zero-order chi connectivity index (χ0) is 16.5. The van der Waals surface area contributed by atoms with E-state index in [0.717, 1.165) is 26.6 Å². The van der Waals surface area contributed by atoms with Crippen LogP contribution in [0.5, 0.6) is 5.75 Å². The van der Waals surface area contributed by atoms with E-state index in [1.807, 2.05) is 26.0 Å². The number of halogens is 1. The number of fused-ring (bicyclic) bond motifs is 4. The van der Waals surface area contributed by atoms with Crippen LogP contribution in [-0.2, 0) is 5.41 Å². The maximum absolute atomic E-state index is 13.0. The SMILES string of the molecule is CC1(C)c2cc(O)ccc2C(=O)c2c1[nH]c1cc(N)c(Br)cc21. The summed E-state index contributed by atoms with van der Waals surface area (Å²) in [6.07, 6.45) is 0. The van der Waals surface area contributed by atoms with Crippen molar-refractivity contribution in [3.05, 3.63) is 57.2 Å². The van der Waals surface area contributed by atoms with Gasteiger partial charge in [-0.05, 0) is 51.8 Å². The largest absolute Gasteiger partial charge is 0.508 e. The first-order valence-corrected chi connectivity index (χ1v) is 8.09. The predicted octanol–water partition coefficient (Wildman–Crippen LogP) is 4.09. The van der Waals surface area contributed by atoms with Crippen molar-refractivity contribution in [2.24, 2.45) is 0 Å². The minimum atomic E-state index is -0.419. The van der Waals surface area contributed by atoms with E-state index < -0.39 is 5.41 Å². The zero-order valence-electron chi connectivity index (χ0n) is 12.7. The number of H-pyrrole nitrogens is 1. The summed E-state index contributed by atoms with van der Waals surface area (Å²) in [5, 5.41) is 10.7. The molecule has 2 aromatic carbocycles. The molecule has 0 fully saturated rings. The highest BCUT2D eigenvalue weighted by molar-refractivity contribution is 9.10. The fourth-order valence-corrected chi connectivity index (χ4v) is 3.80. The van der Waals surface area contributed by atoms with Crippen LogP contribution in [0.3, 0.4) is 0 Å². The van der Waals surface area contributed by atoms with Gasteiger partial charge in [-0.2, -0.15) is 0 Å². The molecule has 1 aliphatic carbocycles. The number of aromatic nitrogens is 1. The molecular weight excluding hydrogens is 356 g/mol. The van der Waals surface area contributed by atoms with Crippen LogP contribution in [0, 0.1) is 0 Å². The Hall–Kier alpha value is -2.27. The predicted molar refractivity (Wildman–Crippen MR) is 94.1 cm³/mol. The molecule has 5 heteroatoms. The van der Waals surface area contributed by atoms with Gasteiger partial charge >= 0.3 is 0 Å². The van der Waals surface area contributed by atoms with Crippen LogP contribution in [0.15, 0.2) is 34.8 Å². The van der Waals surface area contributed by atoms with E-state index in [0.29, 0.717) is 16.8 Å². The lowest BCUT2D eigenvalue weighted by Crippen LogP contribution is -2.30. The number of nitrogens with one attached hydrogen (secondary N) is 1. The van der Waals surface area contributed by atoms with Gasteiger partial charge < -0.3 is 15.8 Å². The molecule has 4 rings (SSSR count). The number of aromatic amines is 1. The Kier molecular flexibility index (Phi) is 2.73. The molecule has 0 amide bonds. The third-order valence-corrected chi connectivity index (χ3v) is 5.38. The minimum absolute atomic E-state index is 0.0303. The van der Waals surface area contributed by atoms with Gasteiger partial charge in [0.2, 0.25) is 0 Å². The van der Waals surface area contributed by atoms with Crippen molar-refractivity contribution < 1.29 is 9.90 Å². The second-order valence-corrected chi connectivity index (χ2v) is 7.33. The fraction of sp³-hybridized carbons (Fsp3) is 0.167. The van der Waals surface area contributed by atoms with E-state index in [9.17, 15) is 9.90 Å². The highest BCUT2D eigenvalue weighted by Gasteiger charge is 2.39. The summed E-state index contributed by atoms with van der Waals surface area (Å²) in [5.41, 5.74) is 10.0. The van der Waals surface area contributed by atoms with Crippen molar-refractivity contribution in [1.29, 1.82) is 0 Å². The molecule has 23 heavy (non-hydrogen) atoms. The van der Waals surface area contributed by atoms with Gasteiger partial charge in [0.25, 0.3) is 0 Å². The first-order valence-electron chi connectivity index (χ1n) is 7.30. The second-order valence-electron chi connectivity index (χ2n) is 6.48. The number of rotatable bonds is 0. The Morgan fingerprint density at radius 2 is 1.96 bits per heavy atom. The van der Waals surface area contributed by atoms with E-state index in [2.05, 4.69) is 20.9 Å². The lowest BCUT2D eigenvalue weighted by atomic mass is 9.71. The summed E-state index contributed by atoms with van der Waals surface area (Å²) in [4.78, 5) is 16.4. The number of anilines is 1. The van der Waals surface area contributed by atoms with Crippen LogP contribution in [0.25, 0.3) is 10.9 Å². The normalized spacial score (nSPS) is 15.5. The first-order chi connectivity index (χ1) is 10.8. The monoisotopic (exact) mass is 370 g/mol. The second kappa shape index (κ2) is 4.38. The summed E-state index contributed by atoms with van der Waals surface area (Å²) in [6, 6.07) is 8.65. The minimum Gasteiger partial charge on any atom is -0.508 e. The van der Waals surface area contributed by atoms with Gasteiger partial charge in [0.05, 0.1) is 5.56 Å². The third-order valence-electron chi connectivity index (χ3n) is 4.69. The van der Waals surface area contributed by atoms with Crippen LogP contribution >= 0.6 is 15.9 Å². The molecule has 0 saturated carbocycles. The van der Waals surface area contributed by atoms with Gasteiger partial charge in [-0.25, -0.2) is 0 Å². The zero-order valence-corrected chi connectivity index (χ0v) is 14.3. The molecule has 0 radical (unpaired) electrons. The quantitative estimate of drug-likeness (QED) is 0.521. The molecule has 116 valence electrons. The standard InChI is InChI=1S/C18H15BrN2O2/c1-18(2)11-5-8(22)3-4-9(11)16(23)15-10-6-12(19)13(20)7-14(10)21-17(15)18/h3-7,21-22H,20H2,1-2H3. The van der Waals surface area contributed by atoms with Crippen LogP contribution in [0.1, 0.15) is 41.0 Å². The number of hydrogen-bond acceptors (Lipinski definition) is 3. The van der Waals surface area contributed by atoms with E-state index in [1.165, 1.54) is 0 Å². The Balaban J connectivity index is 2.12. The van der Waals surface area contributed by atoms with E-state index >= 15 is 0 Å². The van der Waals surface area contributed by atoms with Crippen molar-refractivity contribution in [3.63, 3.8) is 0 Å². The number of carbonyl (C=O) groups excluding carboxylic acids is 1. The molecule has 1 aromatic heterocycles. The smallest absolute Gasteiger partial charge is 0.195 e. The fourth-order valence-electron chi connectivity index (χ4n) is 3.45. The number of benzene rings is 2. The van der Waals surface area contributed by atoms with E-state index in [4.69, 9.17) is 5.73 Å². The number of nitrogens with two attached hydrogens (primary N) is 1. The van der Waals surface area contributed by atoms with Crippen molar-refractivity contribution >= 4 is 38.3 Å². The van der Waals surface area contributed by atoms with Crippen LogP contribution in [0.4, 0.5) is 5.69 Å². The average Bonchev–Trinajstić information content (AvgIpc) is 2.85.